The smallest absolute Gasteiger partial charge is 0.227 e. The average molecular weight is 283 g/mol. The Bertz CT molecular complexity index is 450. The van der Waals surface area contributed by atoms with Crippen LogP contribution in [0.3, 0.4) is 0 Å². The summed E-state index contributed by atoms with van der Waals surface area (Å²) >= 11 is 5.91. The van der Waals surface area contributed by atoms with E-state index in [0.29, 0.717) is 11.6 Å². The van der Waals surface area contributed by atoms with E-state index in [1.54, 1.807) is 0 Å². The Kier molecular flexibility index (Phi) is 4.99. The number of hydrogen-bond acceptors (Lipinski definition) is 2. The summed E-state index contributed by atoms with van der Waals surface area (Å²) in [6.07, 6.45) is 0.757. The molecule has 0 bridgehead atoms. The molecule has 106 valence electrons. The van der Waals surface area contributed by atoms with Gasteiger partial charge >= 0.3 is 0 Å². The second kappa shape index (κ2) is 5.93. The minimum Gasteiger partial charge on any atom is -0.355 e. The van der Waals surface area contributed by atoms with Gasteiger partial charge in [-0.05, 0) is 51.8 Å². The van der Waals surface area contributed by atoms with E-state index in [2.05, 4.69) is 5.32 Å². The van der Waals surface area contributed by atoms with Gasteiger partial charge in [0.15, 0.2) is 0 Å². The predicted molar refractivity (Wildman–Crippen MR) is 80.2 cm³/mol. The molecular formula is C15H23ClN2O. The Morgan fingerprint density at radius 3 is 2.47 bits per heavy atom. The first kappa shape index (κ1) is 16.0. The third kappa shape index (κ3) is 4.22. The van der Waals surface area contributed by atoms with Gasteiger partial charge in [0.2, 0.25) is 5.91 Å². The predicted octanol–water partition coefficient (Wildman–Crippen LogP) is 2.76. The Hall–Kier alpha value is -1.06. The highest BCUT2D eigenvalue weighted by Gasteiger charge is 2.40. The minimum atomic E-state index is -0.610. The normalized spacial score (nSPS) is 12.3. The summed E-state index contributed by atoms with van der Waals surface area (Å²) < 4.78 is 0. The van der Waals surface area contributed by atoms with Gasteiger partial charge in [0.1, 0.15) is 0 Å². The van der Waals surface area contributed by atoms with Gasteiger partial charge < -0.3 is 11.1 Å². The fraction of sp³-hybridized carbons (Fsp3) is 0.533. The monoisotopic (exact) mass is 282 g/mol. The molecule has 4 heteroatoms. The highest BCUT2D eigenvalue weighted by Crippen LogP contribution is 2.28. The van der Waals surface area contributed by atoms with Crippen LogP contribution in [0.5, 0.6) is 0 Å². The zero-order chi connectivity index (χ0) is 14.7. The van der Waals surface area contributed by atoms with E-state index >= 15 is 0 Å². The molecule has 1 rings (SSSR count). The summed E-state index contributed by atoms with van der Waals surface area (Å²) in [5.74, 6) is -0.0259. The van der Waals surface area contributed by atoms with Crippen LogP contribution in [0.2, 0.25) is 5.02 Å². The highest BCUT2D eigenvalue weighted by atomic mass is 35.5. The van der Waals surface area contributed by atoms with Gasteiger partial charge in [-0.1, -0.05) is 23.7 Å². The van der Waals surface area contributed by atoms with Crippen LogP contribution in [0.4, 0.5) is 0 Å². The fourth-order valence-electron chi connectivity index (χ4n) is 1.53. The van der Waals surface area contributed by atoms with E-state index in [1.807, 2.05) is 52.0 Å². The summed E-state index contributed by atoms with van der Waals surface area (Å²) in [4.78, 5) is 12.2. The third-order valence-corrected chi connectivity index (χ3v) is 4.00. The molecule has 3 N–H and O–H groups in total. The molecule has 0 saturated carbocycles. The number of carbonyl (C=O) groups is 1. The van der Waals surface area contributed by atoms with Crippen molar-refractivity contribution < 1.29 is 4.79 Å². The van der Waals surface area contributed by atoms with Gasteiger partial charge in [-0.25, -0.2) is 0 Å². The first-order valence-electron chi connectivity index (χ1n) is 6.46. The summed E-state index contributed by atoms with van der Waals surface area (Å²) in [7, 11) is 0. The summed E-state index contributed by atoms with van der Waals surface area (Å²) in [6.45, 7) is 8.04. The molecule has 1 aromatic carbocycles. The summed E-state index contributed by atoms with van der Waals surface area (Å²) in [5.41, 5.74) is 5.98. The lowest BCUT2D eigenvalue weighted by atomic mass is 9.74. The number of amides is 1. The van der Waals surface area contributed by atoms with Crippen LogP contribution in [0, 0.1) is 5.41 Å². The largest absolute Gasteiger partial charge is 0.355 e. The van der Waals surface area contributed by atoms with E-state index in [1.165, 1.54) is 0 Å². The van der Waals surface area contributed by atoms with E-state index in [9.17, 15) is 4.79 Å². The molecule has 0 unspecified atom stereocenters. The number of carbonyl (C=O) groups excluding carboxylic acids is 1. The molecule has 0 fully saturated rings. The minimum absolute atomic E-state index is 0.0259. The zero-order valence-electron chi connectivity index (χ0n) is 12.1. The molecule has 3 nitrogen and oxygen atoms in total. The van der Waals surface area contributed by atoms with Gasteiger partial charge in [-0.3, -0.25) is 4.79 Å². The Morgan fingerprint density at radius 2 is 1.95 bits per heavy atom. The lowest BCUT2D eigenvalue weighted by molar-refractivity contribution is -0.132. The van der Waals surface area contributed by atoms with E-state index in [-0.39, 0.29) is 5.91 Å². The van der Waals surface area contributed by atoms with Gasteiger partial charge in [0.05, 0.1) is 5.41 Å². The van der Waals surface area contributed by atoms with Crippen molar-refractivity contribution in [2.45, 2.75) is 39.7 Å². The van der Waals surface area contributed by atoms with Crippen molar-refractivity contribution in [3.8, 4) is 0 Å². The number of benzene rings is 1. The first-order valence-corrected chi connectivity index (χ1v) is 6.84. The van der Waals surface area contributed by atoms with Crippen LogP contribution in [0.25, 0.3) is 0 Å². The van der Waals surface area contributed by atoms with Crippen molar-refractivity contribution in [3.63, 3.8) is 0 Å². The number of nitrogens with one attached hydrogen (secondary N) is 1. The number of hydrogen-bond donors (Lipinski definition) is 2. The van der Waals surface area contributed by atoms with Gasteiger partial charge in [0.25, 0.3) is 0 Å². The van der Waals surface area contributed by atoms with Crippen molar-refractivity contribution in [2.24, 2.45) is 11.1 Å². The van der Waals surface area contributed by atoms with Gasteiger partial charge in [-0.2, -0.15) is 0 Å². The summed E-state index contributed by atoms with van der Waals surface area (Å²) in [6, 6.07) is 7.65. The van der Waals surface area contributed by atoms with Crippen molar-refractivity contribution in [1.29, 1.82) is 0 Å². The van der Waals surface area contributed by atoms with Gasteiger partial charge in [0, 0.05) is 17.1 Å². The maximum absolute atomic E-state index is 12.2. The van der Waals surface area contributed by atoms with Crippen molar-refractivity contribution in [2.75, 3.05) is 6.54 Å². The lowest BCUT2D eigenvalue weighted by Crippen LogP contribution is -2.55. The highest BCUT2D eigenvalue weighted by molar-refractivity contribution is 6.30. The first-order chi connectivity index (χ1) is 8.64. The molecule has 0 aromatic heterocycles. The van der Waals surface area contributed by atoms with Crippen molar-refractivity contribution >= 4 is 17.5 Å². The molecule has 0 saturated heterocycles. The van der Waals surface area contributed by atoms with E-state index in [4.69, 9.17) is 17.3 Å². The Labute approximate surface area is 120 Å². The van der Waals surface area contributed by atoms with Crippen molar-refractivity contribution in [3.05, 3.63) is 34.9 Å². The van der Waals surface area contributed by atoms with Gasteiger partial charge in [-0.15, -0.1) is 0 Å². The van der Waals surface area contributed by atoms with Crippen molar-refractivity contribution in [1.82, 2.24) is 5.32 Å². The molecule has 1 amide bonds. The topological polar surface area (TPSA) is 55.1 Å². The van der Waals surface area contributed by atoms with Crippen LogP contribution >= 0.6 is 11.6 Å². The fourth-order valence-corrected chi connectivity index (χ4v) is 1.74. The summed E-state index contributed by atoms with van der Waals surface area (Å²) in [5, 5.41) is 3.65. The molecule has 0 heterocycles. The zero-order valence-corrected chi connectivity index (χ0v) is 12.8. The van der Waals surface area contributed by atoms with Crippen LogP contribution < -0.4 is 11.1 Å². The van der Waals surface area contributed by atoms with E-state index in [0.717, 1.165) is 12.0 Å². The molecule has 0 atom stereocenters. The van der Waals surface area contributed by atoms with Crippen LogP contribution in [-0.4, -0.2) is 18.0 Å². The molecule has 0 spiro atoms. The molecule has 0 aliphatic rings. The molecule has 1 aromatic rings. The average Bonchev–Trinajstić information content (AvgIpc) is 2.27. The van der Waals surface area contributed by atoms with Crippen LogP contribution in [-0.2, 0) is 11.2 Å². The molecule has 0 aliphatic carbocycles. The number of nitrogens with two attached hydrogens (primary N) is 1. The van der Waals surface area contributed by atoms with E-state index < -0.39 is 11.0 Å². The third-order valence-electron chi connectivity index (χ3n) is 3.77. The SMILES string of the molecule is CC(C)(N)C(C)(C)C(=O)NCCc1cccc(Cl)c1. The maximum atomic E-state index is 12.2. The maximum Gasteiger partial charge on any atom is 0.227 e. The van der Waals surface area contributed by atoms with Crippen LogP contribution in [0.1, 0.15) is 33.3 Å². The quantitative estimate of drug-likeness (QED) is 0.872. The molecule has 0 radical (unpaired) electrons. The number of halogens is 1. The second-order valence-corrected chi connectivity index (χ2v) is 6.42. The molecule has 19 heavy (non-hydrogen) atoms. The standard InChI is InChI=1S/C15H23ClN2O/c1-14(2,15(3,4)17)13(19)18-9-8-11-6-5-7-12(16)10-11/h5-7,10H,8-9,17H2,1-4H3,(H,18,19). The molecule has 0 aliphatic heterocycles. The number of rotatable bonds is 5. The Balaban J connectivity index is 2.52. The second-order valence-electron chi connectivity index (χ2n) is 5.98. The van der Waals surface area contributed by atoms with Crippen LogP contribution in [0.15, 0.2) is 24.3 Å². The molecular weight excluding hydrogens is 260 g/mol. The Morgan fingerprint density at radius 1 is 1.32 bits per heavy atom. The lowest BCUT2D eigenvalue weighted by Gasteiger charge is -2.36.